The van der Waals surface area contributed by atoms with Crippen LogP contribution in [0.15, 0.2) is 41.8 Å². The monoisotopic (exact) mass is 671 g/mol. The number of amides is 2. The minimum absolute atomic E-state index is 0.0199. The van der Waals surface area contributed by atoms with Gasteiger partial charge in [-0.3, -0.25) is 19.3 Å². The van der Waals surface area contributed by atoms with Gasteiger partial charge in [-0.1, -0.05) is 48.3 Å². The van der Waals surface area contributed by atoms with Crippen LogP contribution in [-0.4, -0.2) is 77.1 Å². The average Bonchev–Trinajstić information content (AvgIpc) is 3.77. The zero-order valence-corrected chi connectivity index (χ0v) is 27.7. The van der Waals surface area contributed by atoms with Gasteiger partial charge in [0, 0.05) is 39.6 Å². The van der Waals surface area contributed by atoms with Crippen LogP contribution in [0.5, 0.6) is 0 Å². The van der Waals surface area contributed by atoms with Crippen LogP contribution in [0.4, 0.5) is 5.69 Å². The molecule has 3 heterocycles. The number of rotatable bonds is 9. The Balaban J connectivity index is 1.12. The summed E-state index contributed by atoms with van der Waals surface area (Å²) in [5, 5.41) is 15.6. The second kappa shape index (κ2) is 14.0. The second-order valence-corrected chi connectivity index (χ2v) is 14.5. The predicted molar refractivity (Wildman–Crippen MR) is 179 cm³/mol. The first kappa shape index (κ1) is 32.3. The number of carbonyl (C=O) groups excluding carboxylic acids is 2. The zero-order chi connectivity index (χ0) is 31.7. The van der Waals surface area contributed by atoms with Gasteiger partial charge in [0.15, 0.2) is 0 Å². The molecule has 6 rings (SSSR count). The van der Waals surface area contributed by atoms with Crippen molar-refractivity contribution in [2.45, 2.75) is 70.1 Å². The molecular formula is C34H39Cl2N3O5S. The molecule has 1 saturated carbocycles. The minimum atomic E-state index is -0.728. The van der Waals surface area contributed by atoms with E-state index in [1.54, 1.807) is 12.1 Å². The van der Waals surface area contributed by atoms with E-state index in [4.69, 9.17) is 27.9 Å². The summed E-state index contributed by atoms with van der Waals surface area (Å²) < 4.78 is 7.34. The maximum absolute atomic E-state index is 13.8. The van der Waals surface area contributed by atoms with Gasteiger partial charge in [0.25, 0.3) is 5.91 Å². The van der Waals surface area contributed by atoms with Crippen molar-refractivity contribution in [3.05, 3.63) is 63.0 Å². The number of aliphatic carboxylic acids is 1. The largest absolute Gasteiger partial charge is 0.481 e. The number of carboxylic acid groups (broad SMARTS) is 1. The van der Waals surface area contributed by atoms with Crippen molar-refractivity contribution < 1.29 is 24.2 Å². The predicted octanol–water partition coefficient (Wildman–Crippen LogP) is 6.97. The molecule has 2 amide bonds. The molecule has 1 aromatic heterocycles. The topological polar surface area (TPSA) is 99.2 Å². The normalized spacial score (nSPS) is 25.6. The van der Waals surface area contributed by atoms with Crippen molar-refractivity contribution in [3.8, 4) is 0 Å². The number of ether oxygens (including phenoxy) is 1. The number of halogens is 2. The number of nitrogens with zero attached hydrogens (tertiary/aromatic N) is 2. The van der Waals surface area contributed by atoms with Crippen LogP contribution >= 0.6 is 34.5 Å². The Hall–Kier alpha value is -2.69. The number of anilines is 1. The second-order valence-electron chi connectivity index (χ2n) is 12.8. The van der Waals surface area contributed by atoms with Crippen LogP contribution in [0, 0.1) is 11.8 Å². The third-order valence-corrected chi connectivity index (χ3v) is 11.3. The Kier molecular flexibility index (Phi) is 10.0. The van der Waals surface area contributed by atoms with Gasteiger partial charge in [-0.25, -0.2) is 0 Å². The lowest BCUT2D eigenvalue weighted by molar-refractivity contribution is -0.144. The highest BCUT2D eigenvalue weighted by Crippen LogP contribution is 2.34. The molecule has 3 fully saturated rings. The number of carbonyl (C=O) groups is 3. The summed E-state index contributed by atoms with van der Waals surface area (Å²) in [6, 6.07) is 11.2. The van der Waals surface area contributed by atoms with Crippen LogP contribution in [-0.2, 0) is 20.7 Å². The van der Waals surface area contributed by atoms with Crippen molar-refractivity contribution in [2.24, 2.45) is 11.8 Å². The molecule has 0 unspecified atom stereocenters. The van der Waals surface area contributed by atoms with Crippen LogP contribution in [0.1, 0.15) is 61.4 Å². The summed E-state index contributed by atoms with van der Waals surface area (Å²) in [6.07, 6.45) is 4.83. The number of hydrogen-bond donors (Lipinski definition) is 2. The molecule has 3 atom stereocenters. The molecule has 1 aliphatic carbocycles. The molecule has 0 spiro atoms. The minimum Gasteiger partial charge on any atom is -0.481 e. The van der Waals surface area contributed by atoms with Crippen LogP contribution in [0.2, 0.25) is 10.0 Å². The summed E-state index contributed by atoms with van der Waals surface area (Å²) in [7, 11) is 0. The van der Waals surface area contributed by atoms with E-state index in [1.807, 2.05) is 34.5 Å². The summed E-state index contributed by atoms with van der Waals surface area (Å²) >= 11 is 14.8. The summed E-state index contributed by atoms with van der Waals surface area (Å²) in [5.41, 5.74) is 1.57. The van der Waals surface area contributed by atoms with Gasteiger partial charge in [0.2, 0.25) is 5.91 Å². The number of benzene rings is 2. The molecule has 8 nitrogen and oxygen atoms in total. The standard InChI is InChI=1S/C34H39Cl2N3O5S/c1-20-10-11-38(16-20)23-14-24(18-44-25-8-6-21(7-9-25)34(42)43)39(17-23)32(40)13-22-12-29(36)30(15-28(22)35)37-33(41)27-19-45-31-5-3-2-4-26(27)31/h2-5,12,15,19-21,23-25H,6-11,13-14,16-18H2,1H3,(H,37,41)(H,42,43)/t20-,21-,23+,24+,25-/m1/s1. The number of carboxylic acids is 1. The highest BCUT2D eigenvalue weighted by atomic mass is 35.5. The molecule has 0 bridgehead atoms. The van der Waals surface area contributed by atoms with Gasteiger partial charge in [-0.2, -0.15) is 0 Å². The lowest BCUT2D eigenvalue weighted by Crippen LogP contribution is -2.41. The molecule has 3 aliphatic rings. The summed E-state index contributed by atoms with van der Waals surface area (Å²) in [4.78, 5) is 42.7. The van der Waals surface area contributed by atoms with Gasteiger partial charge in [-0.15, -0.1) is 11.3 Å². The summed E-state index contributed by atoms with van der Waals surface area (Å²) in [6.45, 7) is 5.42. The lowest BCUT2D eigenvalue weighted by atomic mass is 9.87. The van der Waals surface area contributed by atoms with Crippen molar-refractivity contribution in [1.82, 2.24) is 9.80 Å². The Bertz CT molecular complexity index is 1570. The Labute approximate surface area is 277 Å². The van der Waals surface area contributed by atoms with Gasteiger partial charge < -0.3 is 20.1 Å². The van der Waals surface area contributed by atoms with Crippen LogP contribution < -0.4 is 5.32 Å². The molecule has 2 N–H and O–H groups in total. The maximum atomic E-state index is 13.8. The number of likely N-dealkylation sites (tertiary alicyclic amines) is 2. The van der Waals surface area contributed by atoms with Gasteiger partial charge in [0.1, 0.15) is 0 Å². The highest BCUT2D eigenvalue weighted by Gasteiger charge is 2.40. The van der Waals surface area contributed by atoms with E-state index in [0.29, 0.717) is 58.8 Å². The van der Waals surface area contributed by atoms with Gasteiger partial charge in [-0.05, 0) is 74.8 Å². The van der Waals surface area contributed by atoms with E-state index in [2.05, 4.69) is 17.1 Å². The molecule has 2 aromatic carbocycles. The Morgan fingerprint density at radius 3 is 2.56 bits per heavy atom. The number of thiophene rings is 1. The quantitative estimate of drug-likeness (QED) is 0.255. The number of fused-ring (bicyclic) bond motifs is 1. The summed E-state index contributed by atoms with van der Waals surface area (Å²) in [5.74, 6) is -0.677. The average molecular weight is 673 g/mol. The Morgan fingerprint density at radius 1 is 1.04 bits per heavy atom. The van der Waals surface area contributed by atoms with E-state index in [1.165, 1.54) is 11.3 Å². The van der Waals surface area contributed by atoms with E-state index in [9.17, 15) is 19.5 Å². The molecule has 45 heavy (non-hydrogen) atoms. The van der Waals surface area contributed by atoms with Crippen molar-refractivity contribution in [1.29, 1.82) is 0 Å². The third kappa shape index (κ3) is 7.33. The van der Waals surface area contributed by atoms with Crippen molar-refractivity contribution >= 4 is 68.1 Å². The van der Waals surface area contributed by atoms with E-state index in [0.717, 1.165) is 48.9 Å². The molecule has 2 aliphatic heterocycles. The first-order valence-electron chi connectivity index (χ1n) is 15.8. The fourth-order valence-corrected chi connectivity index (χ4v) is 8.48. The third-order valence-electron chi connectivity index (χ3n) is 9.68. The molecule has 11 heteroatoms. The molecule has 3 aromatic rings. The van der Waals surface area contributed by atoms with Crippen molar-refractivity contribution in [2.75, 3.05) is 31.6 Å². The Morgan fingerprint density at radius 2 is 1.82 bits per heavy atom. The fraction of sp³-hybridized carbons (Fsp3) is 0.500. The highest BCUT2D eigenvalue weighted by molar-refractivity contribution is 7.17. The van der Waals surface area contributed by atoms with E-state index in [-0.39, 0.29) is 42.3 Å². The van der Waals surface area contributed by atoms with E-state index >= 15 is 0 Å². The van der Waals surface area contributed by atoms with Gasteiger partial charge >= 0.3 is 5.97 Å². The van der Waals surface area contributed by atoms with Crippen LogP contribution in [0.3, 0.4) is 0 Å². The van der Waals surface area contributed by atoms with Gasteiger partial charge in [0.05, 0.1) is 47.4 Å². The maximum Gasteiger partial charge on any atom is 0.306 e. The SMILES string of the molecule is C[C@@H]1CCN([C@H]2C[C@@H](CO[C@H]3CC[C@H](C(=O)O)CC3)N(C(=O)Cc3cc(Cl)c(NC(=O)c4csc5ccccc45)cc3Cl)C2)C1. The first-order chi connectivity index (χ1) is 21.7. The fourth-order valence-electron chi connectivity index (χ4n) is 7.07. The molecule has 240 valence electrons. The molecule has 0 radical (unpaired) electrons. The zero-order valence-electron chi connectivity index (χ0n) is 25.3. The van der Waals surface area contributed by atoms with Crippen molar-refractivity contribution in [3.63, 3.8) is 0 Å². The number of hydrogen-bond acceptors (Lipinski definition) is 6. The van der Waals surface area contributed by atoms with Crippen LogP contribution in [0.25, 0.3) is 10.1 Å². The number of nitrogens with one attached hydrogen (secondary N) is 1. The molecule has 2 saturated heterocycles. The van der Waals surface area contributed by atoms with E-state index < -0.39 is 5.97 Å². The lowest BCUT2D eigenvalue weighted by Gasteiger charge is -2.30. The smallest absolute Gasteiger partial charge is 0.306 e. The molecular weight excluding hydrogens is 633 g/mol. The first-order valence-corrected chi connectivity index (χ1v) is 17.4.